The van der Waals surface area contributed by atoms with Crippen LogP contribution in [0.2, 0.25) is 0 Å². The number of hydrogen-bond donors (Lipinski definition) is 1. The highest BCUT2D eigenvalue weighted by molar-refractivity contribution is 5.90. The number of benzene rings is 1. The second kappa shape index (κ2) is 8.15. The van der Waals surface area contributed by atoms with Crippen LogP contribution >= 0.6 is 0 Å². The molecule has 9 nitrogen and oxygen atoms in total. The van der Waals surface area contributed by atoms with Crippen LogP contribution < -0.4 is 5.32 Å². The van der Waals surface area contributed by atoms with Crippen molar-refractivity contribution in [3.8, 4) is 5.69 Å². The van der Waals surface area contributed by atoms with E-state index in [-0.39, 0.29) is 0 Å². The molecule has 0 atom stereocenters. The quantitative estimate of drug-likeness (QED) is 0.801. The Morgan fingerprint density at radius 1 is 1.26 bits per heavy atom. The monoisotopic (exact) mass is 373 g/mol. The zero-order valence-electron chi connectivity index (χ0n) is 15.5. The third-order valence-corrected chi connectivity index (χ3v) is 4.73. The van der Waals surface area contributed by atoms with Gasteiger partial charge in [0.25, 0.3) is 0 Å². The highest BCUT2D eigenvalue weighted by Gasteiger charge is 2.41. The number of rotatable bonds is 5. The van der Waals surface area contributed by atoms with Gasteiger partial charge in [-0.15, -0.1) is 5.10 Å². The summed E-state index contributed by atoms with van der Waals surface area (Å²) < 4.78 is 11.4. The van der Waals surface area contributed by atoms with E-state index in [2.05, 4.69) is 20.8 Å². The Morgan fingerprint density at radius 2 is 2.04 bits per heavy atom. The van der Waals surface area contributed by atoms with Crippen LogP contribution in [-0.2, 0) is 15.0 Å². The smallest absolute Gasteiger partial charge is 0.407 e. The largest absolute Gasteiger partial charge is 0.462 e. The third kappa shape index (κ3) is 3.91. The van der Waals surface area contributed by atoms with Gasteiger partial charge in [0, 0.05) is 0 Å². The van der Waals surface area contributed by atoms with Gasteiger partial charge in [0.2, 0.25) is 0 Å². The number of hydrogen-bond acceptors (Lipinski definition) is 7. The Labute approximate surface area is 157 Å². The summed E-state index contributed by atoms with van der Waals surface area (Å²) in [5, 5.41) is 15.1. The van der Waals surface area contributed by atoms with Gasteiger partial charge in [0.05, 0.1) is 25.0 Å². The van der Waals surface area contributed by atoms with Crippen molar-refractivity contribution in [3.63, 3.8) is 0 Å². The summed E-state index contributed by atoms with van der Waals surface area (Å²) in [4.78, 5) is 24.0. The molecule has 1 aliphatic rings. The Kier molecular flexibility index (Phi) is 5.68. The average molecular weight is 373 g/mol. The summed E-state index contributed by atoms with van der Waals surface area (Å²) in [5.74, 6) is 0.114. The molecule has 0 radical (unpaired) electrons. The summed E-state index contributed by atoms with van der Waals surface area (Å²) in [6.45, 7) is 2.05. The highest BCUT2D eigenvalue weighted by atomic mass is 16.5. The summed E-state index contributed by atoms with van der Waals surface area (Å²) in [5.41, 5.74) is 0.320. The summed E-state index contributed by atoms with van der Waals surface area (Å²) in [6, 6.07) is 6.90. The molecule has 0 spiro atoms. The van der Waals surface area contributed by atoms with E-state index in [0.717, 1.165) is 19.3 Å². The average Bonchev–Trinajstić information content (AvgIpc) is 3.19. The van der Waals surface area contributed by atoms with Crippen molar-refractivity contribution in [2.24, 2.45) is 0 Å². The van der Waals surface area contributed by atoms with Gasteiger partial charge in [-0.2, -0.15) is 4.68 Å². The molecule has 27 heavy (non-hydrogen) atoms. The number of nitrogens with one attached hydrogen (secondary N) is 1. The van der Waals surface area contributed by atoms with Crippen LogP contribution in [-0.4, -0.2) is 46.0 Å². The summed E-state index contributed by atoms with van der Waals surface area (Å²) in [6.07, 6.45) is 3.87. The van der Waals surface area contributed by atoms with Crippen LogP contribution in [0.4, 0.5) is 4.79 Å². The van der Waals surface area contributed by atoms with E-state index in [1.165, 1.54) is 7.11 Å². The maximum absolute atomic E-state index is 12.0. The second-order valence-electron chi connectivity index (χ2n) is 6.44. The SMILES string of the molecule is CCOC(=O)c1cccc(-n2nnnc2C2(NC(=O)OC)CCCCC2)c1. The molecule has 0 bridgehead atoms. The topological polar surface area (TPSA) is 108 Å². The molecule has 1 aromatic carbocycles. The molecule has 1 saturated carbocycles. The van der Waals surface area contributed by atoms with E-state index in [4.69, 9.17) is 9.47 Å². The predicted molar refractivity (Wildman–Crippen MR) is 95.4 cm³/mol. The van der Waals surface area contributed by atoms with Gasteiger partial charge in [-0.05, 0) is 48.4 Å². The minimum atomic E-state index is -0.714. The van der Waals surface area contributed by atoms with E-state index >= 15 is 0 Å². The van der Waals surface area contributed by atoms with Gasteiger partial charge in [0.15, 0.2) is 5.82 Å². The first-order valence-electron chi connectivity index (χ1n) is 9.02. The first-order chi connectivity index (χ1) is 13.1. The van der Waals surface area contributed by atoms with Crippen molar-refractivity contribution < 1.29 is 19.1 Å². The molecule has 0 aliphatic heterocycles. The number of nitrogens with zero attached hydrogens (tertiary/aromatic N) is 4. The van der Waals surface area contributed by atoms with Crippen molar-refractivity contribution in [2.45, 2.75) is 44.6 Å². The van der Waals surface area contributed by atoms with E-state index in [9.17, 15) is 9.59 Å². The minimum absolute atomic E-state index is 0.297. The number of aromatic nitrogens is 4. The lowest BCUT2D eigenvalue weighted by Crippen LogP contribution is -2.49. The van der Waals surface area contributed by atoms with E-state index < -0.39 is 17.6 Å². The van der Waals surface area contributed by atoms with E-state index in [1.807, 2.05) is 0 Å². The normalized spacial score (nSPS) is 15.8. The van der Waals surface area contributed by atoms with Crippen LogP contribution in [0.25, 0.3) is 5.69 Å². The first kappa shape index (κ1) is 18.8. The summed E-state index contributed by atoms with van der Waals surface area (Å²) >= 11 is 0. The molecule has 3 rings (SSSR count). The molecule has 0 saturated heterocycles. The number of esters is 1. The fourth-order valence-corrected chi connectivity index (χ4v) is 3.44. The minimum Gasteiger partial charge on any atom is -0.462 e. The lowest BCUT2D eigenvalue weighted by Gasteiger charge is -2.36. The lowest BCUT2D eigenvalue weighted by atomic mass is 9.81. The first-order valence-corrected chi connectivity index (χ1v) is 9.02. The molecule has 1 heterocycles. The number of methoxy groups -OCH3 is 1. The number of tetrazole rings is 1. The Morgan fingerprint density at radius 3 is 2.74 bits per heavy atom. The van der Waals surface area contributed by atoms with Gasteiger partial charge >= 0.3 is 12.1 Å². The molecule has 1 N–H and O–H groups in total. The van der Waals surface area contributed by atoms with Crippen molar-refractivity contribution >= 4 is 12.1 Å². The predicted octanol–water partition coefficient (Wildman–Crippen LogP) is 2.35. The van der Waals surface area contributed by atoms with Crippen molar-refractivity contribution in [2.75, 3.05) is 13.7 Å². The van der Waals surface area contributed by atoms with Crippen LogP contribution in [0.15, 0.2) is 24.3 Å². The van der Waals surface area contributed by atoms with Crippen LogP contribution in [0.5, 0.6) is 0 Å². The second-order valence-corrected chi connectivity index (χ2v) is 6.44. The standard InChI is InChI=1S/C18H23N5O4/c1-3-27-15(24)13-8-7-9-14(12-13)23-16(20-21-22-23)18(19-17(25)26-2)10-5-4-6-11-18/h7-9,12H,3-6,10-11H2,1-2H3,(H,19,25). The van der Waals surface area contributed by atoms with Crippen molar-refractivity contribution in [3.05, 3.63) is 35.7 Å². The van der Waals surface area contributed by atoms with Gasteiger partial charge in [-0.1, -0.05) is 25.3 Å². The van der Waals surface area contributed by atoms with Crippen LogP contribution in [0.3, 0.4) is 0 Å². The van der Waals surface area contributed by atoms with Gasteiger partial charge < -0.3 is 14.8 Å². The van der Waals surface area contributed by atoms with Gasteiger partial charge in [-0.25, -0.2) is 9.59 Å². The number of carbonyl (C=O) groups excluding carboxylic acids is 2. The van der Waals surface area contributed by atoms with Crippen LogP contribution in [0, 0.1) is 0 Å². The molecule has 1 amide bonds. The molecule has 1 aromatic heterocycles. The number of ether oxygens (including phenoxy) is 2. The molecule has 0 unspecified atom stereocenters. The fraction of sp³-hybridized carbons (Fsp3) is 0.500. The fourth-order valence-electron chi connectivity index (χ4n) is 3.44. The Balaban J connectivity index is 2.00. The van der Waals surface area contributed by atoms with Gasteiger partial charge in [0.1, 0.15) is 5.54 Å². The molecule has 1 aliphatic carbocycles. The number of carbonyl (C=O) groups is 2. The molecule has 1 fully saturated rings. The molecular weight excluding hydrogens is 350 g/mol. The van der Waals surface area contributed by atoms with Gasteiger partial charge in [-0.3, -0.25) is 0 Å². The van der Waals surface area contributed by atoms with Crippen molar-refractivity contribution in [1.29, 1.82) is 0 Å². The highest BCUT2D eigenvalue weighted by Crippen LogP contribution is 2.36. The maximum atomic E-state index is 12.0. The molecule has 2 aromatic rings. The maximum Gasteiger partial charge on any atom is 0.407 e. The van der Waals surface area contributed by atoms with Crippen LogP contribution in [0.1, 0.15) is 55.2 Å². The lowest BCUT2D eigenvalue weighted by molar-refractivity contribution is 0.0526. The third-order valence-electron chi connectivity index (χ3n) is 4.73. The number of amides is 1. The molecular formula is C18H23N5O4. The summed E-state index contributed by atoms with van der Waals surface area (Å²) in [7, 11) is 1.33. The molecule has 144 valence electrons. The molecule has 9 heteroatoms. The zero-order valence-corrected chi connectivity index (χ0v) is 15.5. The van der Waals surface area contributed by atoms with E-state index in [0.29, 0.717) is 36.5 Å². The van der Waals surface area contributed by atoms with E-state index in [1.54, 1.807) is 35.9 Å². The Bertz CT molecular complexity index is 814. The van der Waals surface area contributed by atoms with Crippen molar-refractivity contribution in [1.82, 2.24) is 25.5 Å². The number of alkyl carbamates (subject to hydrolysis) is 1. The Hall–Kier alpha value is -2.97. The zero-order chi connectivity index (χ0) is 19.3.